The molecule has 0 aromatic heterocycles. The molecule has 0 atom stereocenters. The molecule has 0 aromatic rings. The summed E-state index contributed by atoms with van der Waals surface area (Å²) >= 11 is 0. The number of nitrogens with one attached hydrogen (secondary N) is 1. The zero-order valence-corrected chi connectivity index (χ0v) is 8.03. The third kappa shape index (κ3) is 7.53. The highest BCUT2D eigenvalue weighted by molar-refractivity contribution is 5.78. The molecule has 0 radical (unpaired) electrons. The minimum Gasteiger partial charge on any atom is -0.312 e. The second-order valence-corrected chi connectivity index (χ2v) is 3.82. The Balaban J connectivity index is 3.35. The number of hydrogen-bond acceptors (Lipinski definition) is 2. The summed E-state index contributed by atoms with van der Waals surface area (Å²) in [6.07, 6.45) is 1.32. The Morgan fingerprint density at radius 1 is 1.36 bits per heavy atom. The van der Waals surface area contributed by atoms with Gasteiger partial charge in [0.25, 0.3) is 0 Å². The smallest absolute Gasteiger partial charge is 0.133 e. The molecule has 0 aliphatic heterocycles. The molecule has 0 saturated carbocycles. The van der Waals surface area contributed by atoms with Gasteiger partial charge in [0.1, 0.15) is 5.78 Å². The van der Waals surface area contributed by atoms with E-state index in [2.05, 4.69) is 26.1 Å². The SMILES string of the molecule is CCC(=O)CCNC(C)(C)C. The van der Waals surface area contributed by atoms with Gasteiger partial charge in [-0.05, 0) is 20.8 Å². The van der Waals surface area contributed by atoms with Crippen LogP contribution in [0.2, 0.25) is 0 Å². The molecule has 0 unspecified atom stereocenters. The fourth-order valence-electron chi connectivity index (χ4n) is 0.754. The van der Waals surface area contributed by atoms with E-state index in [9.17, 15) is 4.79 Å². The number of hydrogen-bond donors (Lipinski definition) is 1. The van der Waals surface area contributed by atoms with E-state index in [4.69, 9.17) is 0 Å². The standard InChI is InChI=1S/C9H19NO/c1-5-8(11)6-7-10-9(2,3)4/h10H,5-7H2,1-4H3. The molecule has 0 spiro atoms. The molecule has 0 heterocycles. The van der Waals surface area contributed by atoms with Crippen molar-refractivity contribution in [2.45, 2.75) is 46.1 Å². The molecule has 1 N–H and O–H groups in total. The number of ketones is 1. The summed E-state index contributed by atoms with van der Waals surface area (Å²) in [5.41, 5.74) is 0.133. The van der Waals surface area contributed by atoms with Gasteiger partial charge < -0.3 is 5.32 Å². The highest BCUT2D eigenvalue weighted by Gasteiger charge is 2.08. The Bertz CT molecular complexity index is 124. The van der Waals surface area contributed by atoms with Gasteiger partial charge in [-0.2, -0.15) is 0 Å². The average molecular weight is 157 g/mol. The maximum Gasteiger partial charge on any atom is 0.133 e. The van der Waals surface area contributed by atoms with Crippen molar-refractivity contribution in [2.24, 2.45) is 0 Å². The molecule has 2 heteroatoms. The van der Waals surface area contributed by atoms with Crippen LogP contribution in [0.15, 0.2) is 0 Å². The van der Waals surface area contributed by atoms with Crippen LogP contribution in [0.5, 0.6) is 0 Å². The molecular weight excluding hydrogens is 138 g/mol. The van der Waals surface area contributed by atoms with E-state index >= 15 is 0 Å². The van der Waals surface area contributed by atoms with E-state index in [-0.39, 0.29) is 5.54 Å². The fourth-order valence-corrected chi connectivity index (χ4v) is 0.754. The summed E-state index contributed by atoms with van der Waals surface area (Å²) in [5, 5.41) is 3.27. The van der Waals surface area contributed by atoms with Crippen molar-refractivity contribution < 1.29 is 4.79 Å². The molecule has 0 fully saturated rings. The van der Waals surface area contributed by atoms with E-state index in [1.54, 1.807) is 0 Å². The van der Waals surface area contributed by atoms with Gasteiger partial charge in [0.2, 0.25) is 0 Å². The first kappa shape index (κ1) is 10.6. The van der Waals surface area contributed by atoms with Gasteiger partial charge in [0.15, 0.2) is 0 Å². The fraction of sp³-hybridized carbons (Fsp3) is 0.889. The van der Waals surface area contributed by atoms with E-state index in [0.717, 1.165) is 6.54 Å². The first-order valence-corrected chi connectivity index (χ1v) is 4.22. The van der Waals surface area contributed by atoms with Crippen molar-refractivity contribution in [1.29, 1.82) is 0 Å². The van der Waals surface area contributed by atoms with Crippen molar-refractivity contribution in [3.05, 3.63) is 0 Å². The van der Waals surface area contributed by atoms with Gasteiger partial charge in [-0.1, -0.05) is 6.92 Å². The maximum absolute atomic E-state index is 10.9. The van der Waals surface area contributed by atoms with Gasteiger partial charge in [-0.3, -0.25) is 4.79 Å². The minimum atomic E-state index is 0.133. The van der Waals surface area contributed by atoms with Crippen LogP contribution >= 0.6 is 0 Å². The summed E-state index contributed by atoms with van der Waals surface area (Å²) in [6, 6.07) is 0. The zero-order chi connectivity index (χ0) is 8.91. The van der Waals surface area contributed by atoms with Crippen LogP contribution in [-0.2, 0) is 4.79 Å². The molecule has 0 rings (SSSR count). The molecule has 0 bridgehead atoms. The summed E-state index contributed by atoms with van der Waals surface area (Å²) in [6.45, 7) is 9.01. The van der Waals surface area contributed by atoms with E-state index in [0.29, 0.717) is 18.6 Å². The summed E-state index contributed by atoms with van der Waals surface area (Å²) in [4.78, 5) is 10.9. The summed E-state index contributed by atoms with van der Waals surface area (Å²) in [7, 11) is 0. The molecule has 0 aliphatic rings. The van der Waals surface area contributed by atoms with Crippen LogP contribution in [0, 0.1) is 0 Å². The highest BCUT2D eigenvalue weighted by atomic mass is 16.1. The van der Waals surface area contributed by atoms with Gasteiger partial charge >= 0.3 is 0 Å². The Morgan fingerprint density at radius 2 is 1.91 bits per heavy atom. The van der Waals surface area contributed by atoms with E-state index in [1.807, 2.05) is 6.92 Å². The first-order valence-electron chi connectivity index (χ1n) is 4.22. The predicted octanol–water partition coefficient (Wildman–Crippen LogP) is 1.74. The lowest BCUT2D eigenvalue weighted by molar-refractivity contribution is -0.118. The zero-order valence-electron chi connectivity index (χ0n) is 8.03. The molecule has 0 amide bonds. The number of carbonyl (C=O) groups excluding carboxylic acids is 1. The third-order valence-electron chi connectivity index (χ3n) is 1.45. The topological polar surface area (TPSA) is 29.1 Å². The molecule has 66 valence electrons. The Morgan fingerprint density at radius 3 is 2.27 bits per heavy atom. The Labute approximate surface area is 69.4 Å². The second-order valence-electron chi connectivity index (χ2n) is 3.82. The van der Waals surface area contributed by atoms with Gasteiger partial charge in [0.05, 0.1) is 0 Å². The molecule has 11 heavy (non-hydrogen) atoms. The van der Waals surface area contributed by atoms with Crippen LogP contribution in [0.4, 0.5) is 0 Å². The summed E-state index contributed by atoms with van der Waals surface area (Å²) < 4.78 is 0. The average Bonchev–Trinajstić information content (AvgIpc) is 1.85. The van der Waals surface area contributed by atoms with Gasteiger partial charge in [-0.25, -0.2) is 0 Å². The van der Waals surface area contributed by atoms with Crippen molar-refractivity contribution in [3.8, 4) is 0 Å². The minimum absolute atomic E-state index is 0.133. The first-order chi connectivity index (χ1) is 4.95. The van der Waals surface area contributed by atoms with Gasteiger partial charge in [-0.15, -0.1) is 0 Å². The number of rotatable bonds is 4. The highest BCUT2D eigenvalue weighted by Crippen LogP contribution is 1.98. The maximum atomic E-state index is 10.9. The van der Waals surface area contributed by atoms with Gasteiger partial charge in [0, 0.05) is 24.9 Å². The predicted molar refractivity (Wildman–Crippen MR) is 47.7 cm³/mol. The normalized spacial score (nSPS) is 11.6. The van der Waals surface area contributed by atoms with Crippen LogP contribution in [0.25, 0.3) is 0 Å². The van der Waals surface area contributed by atoms with E-state index in [1.165, 1.54) is 0 Å². The Kier molecular flexibility index (Phi) is 4.34. The largest absolute Gasteiger partial charge is 0.312 e. The van der Waals surface area contributed by atoms with Crippen molar-refractivity contribution in [2.75, 3.05) is 6.54 Å². The Hall–Kier alpha value is -0.370. The monoisotopic (exact) mass is 157 g/mol. The molecule has 0 aliphatic carbocycles. The van der Waals surface area contributed by atoms with Crippen molar-refractivity contribution >= 4 is 5.78 Å². The van der Waals surface area contributed by atoms with E-state index < -0.39 is 0 Å². The van der Waals surface area contributed by atoms with Crippen molar-refractivity contribution in [3.63, 3.8) is 0 Å². The molecule has 2 nitrogen and oxygen atoms in total. The van der Waals surface area contributed by atoms with Crippen LogP contribution in [-0.4, -0.2) is 17.9 Å². The lowest BCUT2D eigenvalue weighted by Crippen LogP contribution is -2.37. The third-order valence-corrected chi connectivity index (χ3v) is 1.45. The quantitative estimate of drug-likeness (QED) is 0.673. The van der Waals surface area contributed by atoms with Crippen LogP contribution in [0.3, 0.4) is 0 Å². The molecule has 0 saturated heterocycles. The van der Waals surface area contributed by atoms with Crippen LogP contribution in [0.1, 0.15) is 40.5 Å². The second kappa shape index (κ2) is 4.50. The molecule has 0 aromatic carbocycles. The number of Topliss-reactive ketones (excluding diaryl/α,β-unsaturated/α-hetero) is 1. The van der Waals surface area contributed by atoms with Crippen molar-refractivity contribution in [1.82, 2.24) is 5.32 Å². The lowest BCUT2D eigenvalue weighted by Gasteiger charge is -2.19. The van der Waals surface area contributed by atoms with Crippen LogP contribution < -0.4 is 5.32 Å². The lowest BCUT2D eigenvalue weighted by atomic mass is 10.1. The number of carbonyl (C=O) groups is 1. The molecular formula is C9H19NO. The summed E-state index contributed by atoms with van der Waals surface area (Å²) in [5.74, 6) is 0.335.